The second-order valence-corrected chi connectivity index (χ2v) is 4.62. The van der Waals surface area contributed by atoms with Gasteiger partial charge in [-0.1, -0.05) is 24.3 Å². The highest BCUT2D eigenvalue weighted by Gasteiger charge is 2.14. The molecule has 20 heavy (non-hydrogen) atoms. The fraction of sp³-hybridized carbons (Fsp3) is 0.143. The number of hydrogen-bond donors (Lipinski definition) is 2. The number of aromatic nitrogens is 3. The maximum Gasteiger partial charge on any atom is 0.152 e. The summed E-state index contributed by atoms with van der Waals surface area (Å²) in [6, 6.07) is 11.1. The van der Waals surface area contributed by atoms with Crippen LogP contribution in [0.2, 0.25) is 0 Å². The van der Waals surface area contributed by atoms with Crippen molar-refractivity contribution >= 4 is 22.4 Å². The van der Waals surface area contributed by atoms with Crippen molar-refractivity contribution in [2.45, 2.75) is 12.4 Å². The molecule has 3 aromatic rings. The summed E-state index contributed by atoms with van der Waals surface area (Å²) in [4.78, 5) is 0. The Hall–Kier alpha value is -2.11. The van der Waals surface area contributed by atoms with Gasteiger partial charge in [-0.3, -0.25) is 4.57 Å². The van der Waals surface area contributed by atoms with Crippen LogP contribution in [-0.4, -0.2) is 19.9 Å². The van der Waals surface area contributed by atoms with Gasteiger partial charge in [0.05, 0.1) is 18.1 Å². The first-order valence-electron chi connectivity index (χ1n) is 6.16. The van der Waals surface area contributed by atoms with Crippen molar-refractivity contribution in [3.8, 4) is 11.4 Å². The van der Waals surface area contributed by atoms with Crippen molar-refractivity contribution in [1.29, 1.82) is 0 Å². The molecule has 1 heterocycles. The minimum absolute atomic E-state index is 0.235. The zero-order valence-corrected chi connectivity index (χ0v) is 11.4. The minimum atomic E-state index is 0.235. The Morgan fingerprint density at radius 3 is 2.50 bits per heavy atom. The normalized spacial score (nSPS) is 11.1. The molecule has 2 aromatic carbocycles. The minimum Gasteiger partial charge on any atom is -0.507 e. The molecular formula is C14H13ClN4O. The molecule has 0 saturated carbocycles. The monoisotopic (exact) mass is 288 g/mol. The van der Waals surface area contributed by atoms with Gasteiger partial charge >= 0.3 is 0 Å². The van der Waals surface area contributed by atoms with E-state index in [-0.39, 0.29) is 18.2 Å². The van der Waals surface area contributed by atoms with Gasteiger partial charge in [-0.25, -0.2) is 0 Å². The number of nitrogens with zero attached hydrogens (tertiary/aromatic N) is 3. The fourth-order valence-corrected chi connectivity index (χ4v) is 2.50. The zero-order valence-electron chi connectivity index (χ0n) is 10.6. The molecule has 0 radical (unpaired) electrons. The van der Waals surface area contributed by atoms with Gasteiger partial charge in [0.25, 0.3) is 0 Å². The largest absolute Gasteiger partial charge is 0.507 e. The second-order valence-electron chi connectivity index (χ2n) is 4.36. The lowest BCUT2D eigenvalue weighted by molar-refractivity contribution is 0.481. The van der Waals surface area contributed by atoms with E-state index in [0.717, 1.165) is 16.5 Å². The zero-order chi connectivity index (χ0) is 14.1. The van der Waals surface area contributed by atoms with Crippen LogP contribution in [0, 0.1) is 0 Å². The van der Waals surface area contributed by atoms with Crippen molar-refractivity contribution in [2.24, 2.45) is 5.73 Å². The second kappa shape index (κ2) is 5.11. The van der Waals surface area contributed by atoms with E-state index in [4.69, 9.17) is 17.3 Å². The number of aromatic hydroxyl groups is 1. The molecular weight excluding hydrogens is 276 g/mol. The van der Waals surface area contributed by atoms with Crippen LogP contribution in [0.4, 0.5) is 0 Å². The smallest absolute Gasteiger partial charge is 0.152 e. The van der Waals surface area contributed by atoms with Gasteiger partial charge in [0, 0.05) is 10.8 Å². The van der Waals surface area contributed by atoms with Crippen molar-refractivity contribution in [2.75, 3.05) is 0 Å². The van der Waals surface area contributed by atoms with Crippen LogP contribution < -0.4 is 5.73 Å². The lowest BCUT2D eigenvalue weighted by Crippen LogP contribution is -2.09. The molecule has 0 fully saturated rings. The summed E-state index contributed by atoms with van der Waals surface area (Å²) < 4.78 is 1.84. The van der Waals surface area contributed by atoms with E-state index in [1.807, 2.05) is 28.8 Å². The molecule has 0 saturated heterocycles. The molecule has 6 heteroatoms. The summed E-state index contributed by atoms with van der Waals surface area (Å²) in [5, 5.41) is 19.7. The van der Waals surface area contributed by atoms with Gasteiger partial charge in [-0.2, -0.15) is 0 Å². The van der Waals surface area contributed by atoms with Gasteiger partial charge in [0.1, 0.15) is 5.75 Å². The molecule has 0 atom stereocenters. The third kappa shape index (κ3) is 1.92. The van der Waals surface area contributed by atoms with Crippen LogP contribution in [0.5, 0.6) is 5.75 Å². The quantitative estimate of drug-likeness (QED) is 0.725. The number of benzene rings is 2. The molecule has 3 rings (SSSR count). The van der Waals surface area contributed by atoms with E-state index in [2.05, 4.69) is 10.2 Å². The average Bonchev–Trinajstić information content (AvgIpc) is 2.90. The molecule has 0 spiro atoms. The van der Waals surface area contributed by atoms with Gasteiger partial charge in [-0.05, 0) is 12.1 Å². The predicted octanol–water partition coefficient (Wildman–Crippen LogP) is 2.32. The number of phenolic OH excluding ortho intramolecular Hbond substituents is 1. The Balaban J connectivity index is 2.35. The molecule has 0 amide bonds. The number of alkyl halides is 1. The number of halogens is 1. The third-order valence-electron chi connectivity index (χ3n) is 3.22. The summed E-state index contributed by atoms with van der Waals surface area (Å²) in [6.07, 6.45) is 0. The fourth-order valence-electron chi connectivity index (χ4n) is 2.32. The standard InChI is InChI=1S/C14H13ClN4O/c15-7-13-17-18-14(8-16)19(13)11-5-1-4-10-9(11)3-2-6-12(10)20/h1-6,20H,7-8,16H2. The van der Waals surface area contributed by atoms with Crippen LogP contribution in [-0.2, 0) is 12.4 Å². The number of rotatable bonds is 3. The highest BCUT2D eigenvalue weighted by Crippen LogP contribution is 2.30. The molecule has 3 N–H and O–H groups in total. The Morgan fingerprint density at radius 1 is 1.05 bits per heavy atom. The van der Waals surface area contributed by atoms with Gasteiger partial charge < -0.3 is 10.8 Å². The number of nitrogens with two attached hydrogens (primary N) is 1. The van der Waals surface area contributed by atoms with Crippen molar-refractivity contribution in [3.05, 3.63) is 48.0 Å². The number of phenols is 1. The van der Waals surface area contributed by atoms with Crippen LogP contribution in [0.1, 0.15) is 11.6 Å². The molecule has 0 aliphatic carbocycles. The van der Waals surface area contributed by atoms with E-state index in [0.29, 0.717) is 11.6 Å². The van der Waals surface area contributed by atoms with E-state index in [9.17, 15) is 5.11 Å². The molecule has 102 valence electrons. The summed E-state index contributed by atoms with van der Waals surface area (Å²) in [7, 11) is 0. The lowest BCUT2D eigenvalue weighted by atomic mass is 10.1. The molecule has 1 aromatic heterocycles. The van der Waals surface area contributed by atoms with E-state index in [1.165, 1.54) is 0 Å². The van der Waals surface area contributed by atoms with Crippen LogP contribution >= 0.6 is 11.6 Å². The van der Waals surface area contributed by atoms with E-state index < -0.39 is 0 Å². The maximum atomic E-state index is 9.95. The first-order chi connectivity index (χ1) is 9.76. The van der Waals surface area contributed by atoms with Crippen molar-refractivity contribution in [1.82, 2.24) is 14.8 Å². The molecule has 0 bridgehead atoms. The van der Waals surface area contributed by atoms with Gasteiger partial charge in [-0.15, -0.1) is 21.8 Å². The Bertz CT molecular complexity index is 747. The molecule has 0 aliphatic heterocycles. The van der Waals surface area contributed by atoms with Crippen molar-refractivity contribution in [3.63, 3.8) is 0 Å². The van der Waals surface area contributed by atoms with Gasteiger partial charge in [0.2, 0.25) is 0 Å². The topological polar surface area (TPSA) is 77.0 Å². The number of fused-ring (bicyclic) bond motifs is 1. The van der Waals surface area contributed by atoms with Crippen LogP contribution in [0.3, 0.4) is 0 Å². The highest BCUT2D eigenvalue weighted by atomic mass is 35.5. The van der Waals surface area contributed by atoms with Crippen LogP contribution in [0.15, 0.2) is 36.4 Å². The Labute approximate surface area is 120 Å². The molecule has 0 aliphatic rings. The summed E-state index contributed by atoms with van der Waals surface area (Å²) in [6.45, 7) is 0.263. The lowest BCUT2D eigenvalue weighted by Gasteiger charge is -2.12. The predicted molar refractivity (Wildman–Crippen MR) is 78.0 cm³/mol. The number of hydrogen-bond acceptors (Lipinski definition) is 4. The molecule has 5 nitrogen and oxygen atoms in total. The first kappa shape index (κ1) is 12.9. The highest BCUT2D eigenvalue weighted by molar-refractivity contribution is 6.16. The van der Waals surface area contributed by atoms with E-state index >= 15 is 0 Å². The maximum absolute atomic E-state index is 9.95. The third-order valence-corrected chi connectivity index (χ3v) is 3.46. The van der Waals surface area contributed by atoms with Crippen molar-refractivity contribution < 1.29 is 5.11 Å². The summed E-state index contributed by atoms with van der Waals surface area (Å²) in [5.74, 6) is 1.74. The SMILES string of the molecule is NCc1nnc(CCl)n1-c1cccc2c(O)cccc12. The van der Waals surface area contributed by atoms with Crippen LogP contribution in [0.25, 0.3) is 16.5 Å². The first-order valence-corrected chi connectivity index (χ1v) is 6.70. The average molecular weight is 289 g/mol. The van der Waals surface area contributed by atoms with Gasteiger partial charge in [0.15, 0.2) is 11.6 Å². The molecule has 0 unspecified atom stereocenters. The summed E-state index contributed by atoms with van der Waals surface area (Å²) >= 11 is 5.92. The van der Waals surface area contributed by atoms with E-state index in [1.54, 1.807) is 12.1 Å². The Kier molecular flexibility index (Phi) is 3.30. The Morgan fingerprint density at radius 2 is 1.75 bits per heavy atom. The summed E-state index contributed by atoms with van der Waals surface area (Å²) in [5.41, 5.74) is 6.57.